The highest BCUT2D eigenvalue weighted by Crippen LogP contribution is 2.34. The Hall–Kier alpha value is -4.70. The Morgan fingerprint density at radius 2 is 0.900 bits per heavy atom. The van der Waals surface area contributed by atoms with Gasteiger partial charge in [0.1, 0.15) is 0 Å². The van der Waals surface area contributed by atoms with Crippen LogP contribution in [0.4, 0.5) is 0 Å². The Kier molecular flexibility index (Phi) is 8.36. The number of carbonyl (C=O) groups is 2. The maximum absolute atomic E-state index is 12.0. The summed E-state index contributed by atoms with van der Waals surface area (Å²) >= 11 is 0. The molecule has 6 rings (SSSR count). The minimum absolute atomic E-state index is 0.000402. The van der Waals surface area contributed by atoms with Crippen molar-refractivity contribution in [2.75, 3.05) is 13.1 Å². The lowest BCUT2D eigenvalue weighted by molar-refractivity contribution is -0.127. The van der Waals surface area contributed by atoms with Gasteiger partial charge in [0.15, 0.2) is 0 Å². The van der Waals surface area contributed by atoms with Crippen LogP contribution in [-0.2, 0) is 22.7 Å². The van der Waals surface area contributed by atoms with Crippen molar-refractivity contribution in [1.82, 2.24) is 9.80 Å². The van der Waals surface area contributed by atoms with E-state index in [1.165, 1.54) is 45.5 Å². The van der Waals surface area contributed by atoms with E-state index in [0.717, 1.165) is 0 Å². The van der Waals surface area contributed by atoms with Crippen LogP contribution in [-0.4, -0.2) is 34.7 Å². The molecule has 2 aliphatic heterocycles. The monoisotopic (exact) mass is 526 g/mol. The lowest BCUT2D eigenvalue weighted by Gasteiger charge is -2.34. The molecule has 2 aliphatic rings. The van der Waals surface area contributed by atoms with Gasteiger partial charge in [0, 0.05) is 38.0 Å². The van der Waals surface area contributed by atoms with Crippen LogP contribution in [0.25, 0.3) is 0 Å². The summed E-state index contributed by atoms with van der Waals surface area (Å²) < 4.78 is 0. The number of hydrogen-bond acceptors (Lipinski definition) is 2. The maximum atomic E-state index is 12.0. The Labute approximate surface area is 236 Å². The van der Waals surface area contributed by atoms with Crippen molar-refractivity contribution in [3.8, 4) is 0 Å². The number of nitrogens with zero attached hydrogens (tertiary/aromatic N) is 2. The standard InChI is InChI=1S/2C18H17NO/c2*1-2-18(20)19-12-15-10-6-7-11-16(15)17(13-19)14-8-4-3-5-9-14/h2*2-11,17H,1,12-13H2/t2*17-/m10/s1. The first-order chi connectivity index (χ1) is 19.6. The summed E-state index contributed by atoms with van der Waals surface area (Å²) in [5.74, 6) is 0.482. The van der Waals surface area contributed by atoms with E-state index in [1.54, 1.807) is 0 Å². The van der Waals surface area contributed by atoms with Gasteiger partial charge in [-0.3, -0.25) is 9.59 Å². The van der Waals surface area contributed by atoms with E-state index in [-0.39, 0.29) is 23.7 Å². The van der Waals surface area contributed by atoms with Crippen LogP contribution in [0.5, 0.6) is 0 Å². The lowest BCUT2D eigenvalue weighted by atomic mass is 9.84. The molecule has 0 aliphatic carbocycles. The van der Waals surface area contributed by atoms with Gasteiger partial charge >= 0.3 is 0 Å². The summed E-state index contributed by atoms with van der Waals surface area (Å²) in [6, 6.07) is 37.5. The molecule has 4 aromatic carbocycles. The summed E-state index contributed by atoms with van der Waals surface area (Å²) in [6.07, 6.45) is 2.80. The van der Waals surface area contributed by atoms with Crippen LogP contribution >= 0.6 is 0 Å². The second kappa shape index (κ2) is 12.4. The first-order valence-electron chi connectivity index (χ1n) is 13.7. The summed E-state index contributed by atoms with van der Waals surface area (Å²) in [5.41, 5.74) is 7.60. The average molecular weight is 527 g/mol. The van der Waals surface area contributed by atoms with E-state index in [2.05, 4.69) is 73.8 Å². The molecule has 0 unspecified atom stereocenters. The Morgan fingerprint density at radius 1 is 0.550 bits per heavy atom. The molecule has 0 radical (unpaired) electrons. The number of benzene rings is 4. The predicted molar refractivity (Wildman–Crippen MR) is 161 cm³/mol. The van der Waals surface area contributed by atoms with Gasteiger partial charge in [-0.05, 0) is 45.5 Å². The van der Waals surface area contributed by atoms with Crippen molar-refractivity contribution in [3.63, 3.8) is 0 Å². The third-order valence-electron chi connectivity index (χ3n) is 7.77. The molecule has 0 saturated carbocycles. The predicted octanol–water partition coefficient (Wildman–Crippen LogP) is 6.69. The van der Waals surface area contributed by atoms with Crippen LogP contribution in [0, 0.1) is 0 Å². The zero-order valence-corrected chi connectivity index (χ0v) is 22.7. The molecule has 4 heteroatoms. The molecule has 0 saturated heterocycles. The highest BCUT2D eigenvalue weighted by Gasteiger charge is 2.29. The zero-order valence-electron chi connectivity index (χ0n) is 22.7. The van der Waals surface area contributed by atoms with Crippen molar-refractivity contribution in [1.29, 1.82) is 0 Å². The SMILES string of the molecule is C=CC(=O)N1Cc2ccccc2[C@@H](c2ccccc2)C1.C=CC(=O)N1Cc2ccccc2[C@H](c2ccccc2)C1. The first-order valence-corrected chi connectivity index (χ1v) is 13.7. The summed E-state index contributed by atoms with van der Waals surface area (Å²) in [7, 11) is 0. The van der Waals surface area contributed by atoms with Gasteiger partial charge < -0.3 is 9.80 Å². The van der Waals surface area contributed by atoms with E-state index < -0.39 is 0 Å². The molecular formula is C36H34N2O2. The van der Waals surface area contributed by atoms with Gasteiger partial charge in [0.25, 0.3) is 0 Å². The van der Waals surface area contributed by atoms with Crippen LogP contribution < -0.4 is 0 Å². The molecule has 2 amide bonds. The van der Waals surface area contributed by atoms with Gasteiger partial charge in [-0.1, -0.05) is 122 Å². The Morgan fingerprint density at radius 3 is 1.27 bits per heavy atom. The molecule has 0 bridgehead atoms. The van der Waals surface area contributed by atoms with Crippen LogP contribution in [0.2, 0.25) is 0 Å². The number of fused-ring (bicyclic) bond motifs is 2. The van der Waals surface area contributed by atoms with Gasteiger partial charge in [0.2, 0.25) is 11.8 Å². The summed E-state index contributed by atoms with van der Waals surface area (Å²) in [6.45, 7) is 9.97. The van der Waals surface area contributed by atoms with Crippen LogP contribution in [0.3, 0.4) is 0 Å². The number of hydrogen-bond donors (Lipinski definition) is 0. The highest BCUT2D eigenvalue weighted by molar-refractivity contribution is 5.87. The van der Waals surface area contributed by atoms with Crippen molar-refractivity contribution >= 4 is 11.8 Å². The van der Waals surface area contributed by atoms with Gasteiger partial charge in [-0.25, -0.2) is 0 Å². The lowest BCUT2D eigenvalue weighted by Crippen LogP contribution is -2.37. The van der Waals surface area contributed by atoms with Crippen molar-refractivity contribution in [2.24, 2.45) is 0 Å². The van der Waals surface area contributed by atoms with Crippen LogP contribution in [0.1, 0.15) is 45.2 Å². The number of amides is 2. The highest BCUT2D eigenvalue weighted by atomic mass is 16.2. The molecule has 0 spiro atoms. The fourth-order valence-electron chi connectivity index (χ4n) is 5.75. The van der Waals surface area contributed by atoms with E-state index in [4.69, 9.17) is 0 Å². The fourth-order valence-corrected chi connectivity index (χ4v) is 5.75. The quantitative estimate of drug-likeness (QED) is 0.278. The molecule has 40 heavy (non-hydrogen) atoms. The van der Waals surface area contributed by atoms with Gasteiger partial charge in [-0.15, -0.1) is 0 Å². The van der Waals surface area contributed by atoms with Gasteiger partial charge in [-0.2, -0.15) is 0 Å². The van der Waals surface area contributed by atoms with E-state index >= 15 is 0 Å². The third kappa shape index (κ3) is 5.81. The zero-order chi connectivity index (χ0) is 27.9. The molecule has 2 atom stereocenters. The topological polar surface area (TPSA) is 40.6 Å². The second-order valence-corrected chi connectivity index (χ2v) is 10.2. The minimum atomic E-state index is 0.000402. The Bertz CT molecular complexity index is 1380. The normalized spacial score (nSPS) is 17.4. The summed E-state index contributed by atoms with van der Waals surface area (Å²) in [5, 5.41) is 0. The first kappa shape index (κ1) is 26.9. The summed E-state index contributed by atoms with van der Waals surface area (Å²) in [4.78, 5) is 27.7. The maximum Gasteiger partial charge on any atom is 0.246 e. The molecule has 4 nitrogen and oxygen atoms in total. The smallest absolute Gasteiger partial charge is 0.246 e. The van der Waals surface area contributed by atoms with Crippen LogP contribution in [0.15, 0.2) is 135 Å². The Balaban J connectivity index is 0.000000161. The molecular weight excluding hydrogens is 492 g/mol. The molecule has 0 aromatic heterocycles. The third-order valence-corrected chi connectivity index (χ3v) is 7.77. The molecule has 200 valence electrons. The molecule has 0 fully saturated rings. The molecule has 4 aromatic rings. The van der Waals surface area contributed by atoms with Crippen molar-refractivity contribution in [2.45, 2.75) is 24.9 Å². The number of carbonyl (C=O) groups excluding carboxylic acids is 2. The van der Waals surface area contributed by atoms with Crippen molar-refractivity contribution < 1.29 is 9.59 Å². The molecule has 2 heterocycles. The number of rotatable bonds is 4. The average Bonchev–Trinajstić information content (AvgIpc) is 3.04. The largest absolute Gasteiger partial charge is 0.334 e. The van der Waals surface area contributed by atoms with E-state index in [0.29, 0.717) is 26.2 Å². The minimum Gasteiger partial charge on any atom is -0.334 e. The second-order valence-electron chi connectivity index (χ2n) is 10.2. The van der Waals surface area contributed by atoms with Crippen molar-refractivity contribution in [3.05, 3.63) is 168 Å². The van der Waals surface area contributed by atoms with Gasteiger partial charge in [0.05, 0.1) is 0 Å². The molecule has 0 N–H and O–H groups in total. The van der Waals surface area contributed by atoms with E-state index in [9.17, 15) is 9.59 Å². The van der Waals surface area contributed by atoms with E-state index in [1.807, 2.05) is 58.3 Å². The fraction of sp³-hybridized carbons (Fsp3) is 0.167.